The van der Waals surface area contributed by atoms with E-state index in [0.717, 1.165) is 11.1 Å². The van der Waals surface area contributed by atoms with Gasteiger partial charge in [-0.1, -0.05) is 30.3 Å². The van der Waals surface area contributed by atoms with Crippen LogP contribution in [0.2, 0.25) is 0 Å². The SMILES string of the molecule is CC(=O)C1C[C@H](c2ccccc2)O[C@@H]1c1ccc([N+](=O)[O-])cc1. The van der Waals surface area contributed by atoms with E-state index in [1.165, 1.54) is 12.1 Å². The Morgan fingerprint density at radius 2 is 1.74 bits per heavy atom. The van der Waals surface area contributed by atoms with Crippen LogP contribution in [0.1, 0.15) is 36.7 Å². The quantitative estimate of drug-likeness (QED) is 0.632. The minimum atomic E-state index is -0.436. The lowest BCUT2D eigenvalue weighted by Crippen LogP contribution is -2.15. The van der Waals surface area contributed by atoms with Gasteiger partial charge in [-0.15, -0.1) is 0 Å². The number of nitrogens with zero attached hydrogens (tertiary/aromatic N) is 1. The number of hydrogen-bond acceptors (Lipinski definition) is 4. The van der Waals surface area contributed by atoms with Crippen LogP contribution in [0.25, 0.3) is 0 Å². The van der Waals surface area contributed by atoms with Gasteiger partial charge in [0, 0.05) is 12.1 Å². The first-order chi connectivity index (χ1) is 11.1. The fourth-order valence-electron chi connectivity index (χ4n) is 3.04. The lowest BCUT2D eigenvalue weighted by molar-refractivity contribution is -0.384. The van der Waals surface area contributed by atoms with Crippen molar-refractivity contribution in [1.29, 1.82) is 0 Å². The Morgan fingerprint density at radius 1 is 1.09 bits per heavy atom. The molecule has 1 saturated heterocycles. The number of rotatable bonds is 4. The van der Waals surface area contributed by atoms with Gasteiger partial charge in [0.15, 0.2) is 0 Å². The van der Waals surface area contributed by atoms with E-state index in [9.17, 15) is 14.9 Å². The Bertz CT molecular complexity index is 712. The van der Waals surface area contributed by atoms with Gasteiger partial charge in [-0.3, -0.25) is 14.9 Å². The molecule has 5 heteroatoms. The summed E-state index contributed by atoms with van der Waals surface area (Å²) in [7, 11) is 0. The smallest absolute Gasteiger partial charge is 0.269 e. The molecule has 3 rings (SSSR count). The third-order valence-corrected chi connectivity index (χ3v) is 4.27. The average molecular weight is 311 g/mol. The van der Waals surface area contributed by atoms with E-state index in [2.05, 4.69) is 0 Å². The maximum atomic E-state index is 12.0. The number of ketones is 1. The summed E-state index contributed by atoms with van der Waals surface area (Å²) in [5, 5.41) is 10.8. The number of benzene rings is 2. The predicted molar refractivity (Wildman–Crippen MR) is 84.9 cm³/mol. The van der Waals surface area contributed by atoms with Crippen LogP contribution < -0.4 is 0 Å². The van der Waals surface area contributed by atoms with Gasteiger partial charge in [0.1, 0.15) is 5.78 Å². The van der Waals surface area contributed by atoms with Crippen molar-refractivity contribution in [2.24, 2.45) is 5.92 Å². The van der Waals surface area contributed by atoms with Gasteiger partial charge < -0.3 is 4.74 Å². The maximum absolute atomic E-state index is 12.0. The molecule has 1 fully saturated rings. The van der Waals surface area contributed by atoms with Gasteiger partial charge in [-0.25, -0.2) is 0 Å². The molecule has 2 aromatic rings. The summed E-state index contributed by atoms with van der Waals surface area (Å²) >= 11 is 0. The minimum Gasteiger partial charge on any atom is -0.365 e. The van der Waals surface area contributed by atoms with Crippen molar-refractivity contribution in [3.63, 3.8) is 0 Å². The Balaban J connectivity index is 1.87. The molecule has 5 nitrogen and oxygen atoms in total. The summed E-state index contributed by atoms with van der Waals surface area (Å²) in [5.74, 6) is -0.159. The predicted octanol–water partition coefficient (Wildman–Crippen LogP) is 4.00. The monoisotopic (exact) mass is 311 g/mol. The molecule has 0 aliphatic carbocycles. The fraction of sp³-hybridized carbons (Fsp3) is 0.278. The lowest BCUT2D eigenvalue weighted by Gasteiger charge is -2.17. The van der Waals surface area contributed by atoms with Crippen LogP contribution in [0, 0.1) is 16.0 Å². The number of carbonyl (C=O) groups excluding carboxylic acids is 1. The Kier molecular flexibility index (Phi) is 4.21. The van der Waals surface area contributed by atoms with Crippen LogP contribution in [-0.2, 0) is 9.53 Å². The molecule has 1 unspecified atom stereocenters. The molecular weight excluding hydrogens is 294 g/mol. The van der Waals surface area contributed by atoms with E-state index in [1.807, 2.05) is 30.3 Å². The first-order valence-corrected chi connectivity index (χ1v) is 7.51. The van der Waals surface area contributed by atoms with Crippen LogP contribution in [0.15, 0.2) is 54.6 Å². The topological polar surface area (TPSA) is 69.4 Å². The van der Waals surface area contributed by atoms with Crippen molar-refractivity contribution in [2.75, 3.05) is 0 Å². The first kappa shape index (κ1) is 15.4. The standard InChI is InChI=1S/C18H17NO4/c1-12(20)16-11-17(13-5-3-2-4-6-13)23-18(16)14-7-9-15(10-8-14)19(21)22/h2-10,16-18H,11H2,1H3/t16?,17-,18-/m1/s1. The summed E-state index contributed by atoms with van der Waals surface area (Å²) < 4.78 is 6.12. The van der Waals surface area contributed by atoms with E-state index >= 15 is 0 Å². The molecule has 3 atom stereocenters. The molecule has 0 saturated carbocycles. The van der Waals surface area contributed by atoms with E-state index in [-0.39, 0.29) is 29.6 Å². The van der Waals surface area contributed by atoms with Gasteiger partial charge in [-0.05, 0) is 36.6 Å². The highest BCUT2D eigenvalue weighted by Gasteiger charge is 2.39. The van der Waals surface area contributed by atoms with Crippen molar-refractivity contribution in [1.82, 2.24) is 0 Å². The van der Waals surface area contributed by atoms with E-state index in [4.69, 9.17) is 4.74 Å². The van der Waals surface area contributed by atoms with Crippen LogP contribution in [-0.4, -0.2) is 10.7 Å². The molecule has 0 aromatic heterocycles. The molecule has 2 aromatic carbocycles. The highest BCUT2D eigenvalue weighted by atomic mass is 16.6. The summed E-state index contributed by atoms with van der Waals surface area (Å²) in [6.45, 7) is 1.57. The second-order valence-electron chi connectivity index (χ2n) is 5.76. The lowest BCUT2D eigenvalue weighted by atomic mass is 9.90. The van der Waals surface area contributed by atoms with Crippen LogP contribution in [0.3, 0.4) is 0 Å². The molecule has 1 aliphatic rings. The van der Waals surface area contributed by atoms with Crippen molar-refractivity contribution in [2.45, 2.75) is 25.6 Å². The van der Waals surface area contributed by atoms with Gasteiger partial charge in [0.25, 0.3) is 5.69 Å². The van der Waals surface area contributed by atoms with Crippen LogP contribution in [0.5, 0.6) is 0 Å². The van der Waals surface area contributed by atoms with Crippen molar-refractivity contribution >= 4 is 11.5 Å². The highest BCUT2D eigenvalue weighted by molar-refractivity contribution is 5.79. The Hall–Kier alpha value is -2.53. The number of ether oxygens (including phenoxy) is 1. The fourth-order valence-corrected chi connectivity index (χ4v) is 3.04. The van der Waals surface area contributed by atoms with Gasteiger partial charge >= 0.3 is 0 Å². The maximum Gasteiger partial charge on any atom is 0.269 e. The van der Waals surface area contributed by atoms with Crippen LogP contribution >= 0.6 is 0 Å². The third-order valence-electron chi connectivity index (χ3n) is 4.27. The van der Waals surface area contributed by atoms with Crippen molar-refractivity contribution in [3.05, 3.63) is 75.8 Å². The molecule has 0 N–H and O–H groups in total. The van der Waals surface area contributed by atoms with Gasteiger partial charge in [0.2, 0.25) is 0 Å². The first-order valence-electron chi connectivity index (χ1n) is 7.51. The van der Waals surface area contributed by atoms with Crippen molar-refractivity contribution in [3.8, 4) is 0 Å². The Morgan fingerprint density at radius 3 is 2.30 bits per heavy atom. The summed E-state index contributed by atoms with van der Waals surface area (Å²) in [6.07, 6.45) is 0.130. The number of nitro groups is 1. The third kappa shape index (κ3) is 3.14. The zero-order valence-corrected chi connectivity index (χ0v) is 12.7. The molecule has 0 amide bonds. The Labute approximate surface area is 134 Å². The second-order valence-corrected chi connectivity index (χ2v) is 5.76. The number of hydrogen-bond donors (Lipinski definition) is 0. The van der Waals surface area contributed by atoms with Crippen molar-refractivity contribution < 1.29 is 14.5 Å². The average Bonchev–Trinajstić information content (AvgIpc) is 3.01. The molecule has 118 valence electrons. The number of Topliss-reactive ketones (excluding diaryl/α,β-unsaturated/α-hetero) is 1. The second kappa shape index (κ2) is 6.30. The molecule has 1 heterocycles. The highest BCUT2D eigenvalue weighted by Crippen LogP contribution is 2.45. The summed E-state index contributed by atoms with van der Waals surface area (Å²) in [4.78, 5) is 22.3. The molecule has 0 spiro atoms. The molecular formula is C18H17NO4. The van der Waals surface area contributed by atoms with Gasteiger partial charge in [0.05, 0.1) is 23.0 Å². The molecule has 1 aliphatic heterocycles. The number of nitro benzene ring substituents is 1. The number of non-ortho nitro benzene ring substituents is 1. The number of carbonyl (C=O) groups is 1. The zero-order valence-electron chi connectivity index (χ0n) is 12.7. The van der Waals surface area contributed by atoms with Gasteiger partial charge in [-0.2, -0.15) is 0 Å². The molecule has 23 heavy (non-hydrogen) atoms. The molecule has 0 radical (unpaired) electrons. The zero-order chi connectivity index (χ0) is 16.4. The van der Waals surface area contributed by atoms with E-state index < -0.39 is 4.92 Å². The molecule has 0 bridgehead atoms. The van der Waals surface area contributed by atoms with E-state index in [0.29, 0.717) is 6.42 Å². The normalized spacial score (nSPS) is 23.6. The van der Waals surface area contributed by atoms with E-state index in [1.54, 1.807) is 19.1 Å². The largest absolute Gasteiger partial charge is 0.365 e. The minimum absolute atomic E-state index is 0.0331. The summed E-state index contributed by atoms with van der Waals surface area (Å²) in [5.41, 5.74) is 1.88. The summed E-state index contributed by atoms with van der Waals surface area (Å²) in [6, 6.07) is 16.0. The van der Waals surface area contributed by atoms with Crippen LogP contribution in [0.4, 0.5) is 5.69 Å².